The lowest BCUT2D eigenvalue weighted by Crippen LogP contribution is -2.31. The van der Waals surface area contributed by atoms with Gasteiger partial charge >= 0.3 is 0 Å². The number of halogens is 1. The van der Waals surface area contributed by atoms with Crippen LogP contribution in [0.15, 0.2) is 36.4 Å². The summed E-state index contributed by atoms with van der Waals surface area (Å²) in [7, 11) is 0. The molecule has 5 nitrogen and oxygen atoms in total. The third-order valence-electron chi connectivity index (χ3n) is 3.57. The third-order valence-corrected chi connectivity index (χ3v) is 3.82. The fourth-order valence-corrected chi connectivity index (χ4v) is 2.52. The second-order valence-electron chi connectivity index (χ2n) is 5.29. The van der Waals surface area contributed by atoms with Crippen molar-refractivity contribution in [2.75, 3.05) is 13.1 Å². The van der Waals surface area contributed by atoms with Crippen molar-refractivity contribution in [2.45, 2.75) is 19.4 Å². The van der Waals surface area contributed by atoms with Crippen LogP contribution < -0.4 is 4.74 Å². The van der Waals surface area contributed by atoms with Gasteiger partial charge in [-0.15, -0.1) is 5.10 Å². The first-order valence-corrected chi connectivity index (χ1v) is 7.51. The smallest absolute Gasteiger partial charge is 0.274 e. The second kappa shape index (κ2) is 6.32. The number of benzene rings is 1. The Kier molecular flexibility index (Phi) is 4.24. The van der Waals surface area contributed by atoms with Crippen LogP contribution in [0.2, 0.25) is 5.02 Å². The van der Waals surface area contributed by atoms with Crippen LogP contribution in [-0.4, -0.2) is 40.2 Å². The molecule has 1 aromatic carbocycles. The Labute approximate surface area is 133 Å². The number of carbonyl (C=O) groups is 1. The summed E-state index contributed by atoms with van der Waals surface area (Å²) >= 11 is 5.85. The van der Waals surface area contributed by atoms with Gasteiger partial charge in [0, 0.05) is 18.0 Å². The Morgan fingerprint density at radius 1 is 1.23 bits per heavy atom. The number of nitrogens with zero attached hydrogens (tertiary/aromatic N) is 3. The van der Waals surface area contributed by atoms with E-state index in [0.717, 1.165) is 17.9 Å². The van der Waals surface area contributed by atoms with Crippen LogP contribution in [0.4, 0.5) is 0 Å². The molecule has 0 bridgehead atoms. The molecule has 6 heteroatoms. The summed E-state index contributed by atoms with van der Waals surface area (Å²) in [4.78, 5) is 14.1. The molecule has 3 rings (SSSR count). The van der Waals surface area contributed by atoms with Crippen LogP contribution in [0.5, 0.6) is 5.75 Å². The molecule has 2 aromatic rings. The zero-order valence-electron chi connectivity index (χ0n) is 12.2. The quantitative estimate of drug-likeness (QED) is 0.873. The highest BCUT2D eigenvalue weighted by atomic mass is 35.5. The first kappa shape index (κ1) is 14.8. The number of aromatic nitrogens is 2. The molecule has 0 radical (unpaired) electrons. The maximum atomic E-state index is 12.4. The molecule has 1 atom stereocenters. The minimum Gasteiger partial charge on any atom is -0.489 e. The molecule has 1 unspecified atom stereocenters. The van der Waals surface area contributed by atoms with Gasteiger partial charge in [0.1, 0.15) is 11.9 Å². The van der Waals surface area contributed by atoms with E-state index >= 15 is 0 Å². The standard InChI is InChI=1S/C16H16ClN3O2/c1-11-2-7-15(19-18-11)16(21)20-9-8-14(10-20)22-13-5-3-12(17)4-6-13/h2-7,14H,8-10H2,1H3. The van der Waals surface area contributed by atoms with Crippen molar-refractivity contribution in [1.29, 1.82) is 0 Å². The Morgan fingerprint density at radius 2 is 2.00 bits per heavy atom. The number of rotatable bonds is 3. The molecule has 114 valence electrons. The number of amides is 1. The molecule has 22 heavy (non-hydrogen) atoms. The van der Waals surface area contributed by atoms with Crippen LogP contribution in [0, 0.1) is 6.92 Å². The van der Waals surface area contributed by atoms with Crippen LogP contribution in [0.25, 0.3) is 0 Å². The minimum absolute atomic E-state index is 0.0106. The van der Waals surface area contributed by atoms with Gasteiger partial charge in [-0.3, -0.25) is 4.79 Å². The number of hydrogen-bond acceptors (Lipinski definition) is 4. The van der Waals surface area contributed by atoms with Crippen molar-refractivity contribution in [2.24, 2.45) is 0 Å². The summed E-state index contributed by atoms with van der Waals surface area (Å²) in [6, 6.07) is 10.7. The largest absolute Gasteiger partial charge is 0.489 e. The van der Waals surface area contributed by atoms with Gasteiger partial charge in [-0.1, -0.05) is 11.6 Å². The maximum Gasteiger partial charge on any atom is 0.274 e. The van der Waals surface area contributed by atoms with E-state index in [1.807, 2.05) is 19.1 Å². The molecular formula is C16H16ClN3O2. The minimum atomic E-state index is -0.102. The fraction of sp³-hybridized carbons (Fsp3) is 0.312. The van der Waals surface area contributed by atoms with Gasteiger partial charge in [0.05, 0.1) is 12.2 Å². The number of aryl methyl sites for hydroxylation is 1. The molecule has 0 aliphatic carbocycles. The molecule has 0 saturated carbocycles. The molecule has 1 aromatic heterocycles. The molecular weight excluding hydrogens is 302 g/mol. The summed E-state index contributed by atoms with van der Waals surface area (Å²) in [6.07, 6.45) is 0.789. The summed E-state index contributed by atoms with van der Waals surface area (Å²) in [6.45, 7) is 3.05. The highest BCUT2D eigenvalue weighted by molar-refractivity contribution is 6.30. The Hall–Kier alpha value is -2.14. The van der Waals surface area contributed by atoms with Gasteiger partial charge in [-0.25, -0.2) is 0 Å². The van der Waals surface area contributed by atoms with Gasteiger partial charge in [0.15, 0.2) is 5.69 Å². The van der Waals surface area contributed by atoms with Crippen LogP contribution in [0.1, 0.15) is 22.6 Å². The predicted octanol–water partition coefficient (Wildman–Crippen LogP) is 2.73. The highest BCUT2D eigenvalue weighted by Gasteiger charge is 2.29. The lowest BCUT2D eigenvalue weighted by molar-refractivity contribution is 0.0765. The summed E-state index contributed by atoms with van der Waals surface area (Å²) in [5, 5.41) is 8.54. The average molecular weight is 318 g/mol. The first-order chi connectivity index (χ1) is 10.6. The van der Waals surface area contributed by atoms with E-state index in [2.05, 4.69) is 10.2 Å². The molecule has 1 amide bonds. The molecule has 1 fully saturated rings. The van der Waals surface area contributed by atoms with Crippen molar-refractivity contribution >= 4 is 17.5 Å². The Balaban J connectivity index is 1.61. The van der Waals surface area contributed by atoms with Crippen molar-refractivity contribution in [1.82, 2.24) is 15.1 Å². The normalized spacial score (nSPS) is 17.5. The van der Waals surface area contributed by atoms with E-state index in [9.17, 15) is 4.79 Å². The lowest BCUT2D eigenvalue weighted by atomic mass is 10.3. The molecule has 1 saturated heterocycles. The van der Waals surface area contributed by atoms with Crippen molar-refractivity contribution in [3.63, 3.8) is 0 Å². The van der Waals surface area contributed by atoms with Gasteiger partial charge in [-0.2, -0.15) is 5.10 Å². The van der Waals surface area contributed by atoms with Crippen LogP contribution >= 0.6 is 11.6 Å². The van der Waals surface area contributed by atoms with Crippen molar-refractivity contribution in [3.05, 3.63) is 52.8 Å². The van der Waals surface area contributed by atoms with Crippen LogP contribution in [-0.2, 0) is 0 Å². The topological polar surface area (TPSA) is 55.3 Å². The van der Waals surface area contributed by atoms with E-state index in [1.165, 1.54) is 0 Å². The summed E-state index contributed by atoms with van der Waals surface area (Å²) in [5.74, 6) is 0.661. The van der Waals surface area contributed by atoms with Gasteiger partial charge in [-0.05, 0) is 43.3 Å². The van der Waals surface area contributed by atoms with Crippen molar-refractivity contribution in [3.8, 4) is 5.75 Å². The van der Waals surface area contributed by atoms with E-state index in [1.54, 1.807) is 29.2 Å². The van der Waals surface area contributed by atoms with E-state index in [4.69, 9.17) is 16.3 Å². The molecule has 1 aliphatic rings. The average Bonchev–Trinajstić information content (AvgIpc) is 2.98. The second-order valence-corrected chi connectivity index (χ2v) is 5.73. The Morgan fingerprint density at radius 3 is 2.68 bits per heavy atom. The summed E-state index contributed by atoms with van der Waals surface area (Å²) < 4.78 is 5.88. The lowest BCUT2D eigenvalue weighted by Gasteiger charge is -2.16. The third kappa shape index (κ3) is 3.36. The SMILES string of the molecule is Cc1ccc(C(=O)N2CCC(Oc3ccc(Cl)cc3)C2)nn1. The fourth-order valence-electron chi connectivity index (χ4n) is 2.39. The number of ether oxygens (including phenoxy) is 1. The molecule has 2 heterocycles. The predicted molar refractivity (Wildman–Crippen MR) is 83.2 cm³/mol. The van der Waals surface area contributed by atoms with E-state index < -0.39 is 0 Å². The van der Waals surface area contributed by atoms with Crippen molar-refractivity contribution < 1.29 is 9.53 Å². The zero-order chi connectivity index (χ0) is 15.5. The maximum absolute atomic E-state index is 12.4. The van der Waals surface area contributed by atoms with Gasteiger partial charge < -0.3 is 9.64 Å². The number of carbonyl (C=O) groups excluding carboxylic acids is 1. The monoisotopic (exact) mass is 317 g/mol. The van der Waals surface area contributed by atoms with E-state index in [-0.39, 0.29) is 12.0 Å². The van der Waals surface area contributed by atoms with E-state index in [0.29, 0.717) is 23.8 Å². The molecule has 1 aliphatic heterocycles. The zero-order valence-corrected chi connectivity index (χ0v) is 13.0. The van der Waals surface area contributed by atoms with Crippen LogP contribution in [0.3, 0.4) is 0 Å². The number of hydrogen-bond donors (Lipinski definition) is 0. The molecule has 0 N–H and O–H groups in total. The number of likely N-dealkylation sites (tertiary alicyclic amines) is 1. The summed E-state index contributed by atoms with van der Waals surface area (Å²) in [5.41, 5.74) is 1.17. The van der Waals surface area contributed by atoms with Gasteiger partial charge in [0.25, 0.3) is 5.91 Å². The Bertz CT molecular complexity index is 658. The van der Waals surface area contributed by atoms with Gasteiger partial charge in [0.2, 0.25) is 0 Å². The highest BCUT2D eigenvalue weighted by Crippen LogP contribution is 2.21. The first-order valence-electron chi connectivity index (χ1n) is 7.13. The molecule has 0 spiro atoms.